The third kappa shape index (κ3) is 6.53. The van der Waals surface area contributed by atoms with Crippen molar-refractivity contribution in [2.45, 2.75) is 22.5 Å². The van der Waals surface area contributed by atoms with Gasteiger partial charge < -0.3 is 5.32 Å². The Labute approximate surface area is 210 Å². The molecule has 0 heterocycles. The summed E-state index contributed by atoms with van der Waals surface area (Å²) in [5, 5.41) is 2.83. The van der Waals surface area contributed by atoms with Gasteiger partial charge in [0.2, 0.25) is 5.91 Å². The molecule has 35 heavy (non-hydrogen) atoms. The number of nitrogens with zero attached hydrogens (tertiary/aromatic N) is 1. The Morgan fingerprint density at radius 1 is 0.800 bits per heavy atom. The Hall–Kier alpha value is -3.55. The van der Waals surface area contributed by atoms with Gasteiger partial charge in [-0.2, -0.15) is 0 Å². The van der Waals surface area contributed by atoms with E-state index in [1.54, 1.807) is 42.1 Å². The summed E-state index contributed by atoms with van der Waals surface area (Å²) in [6.45, 7) is 1.58. The molecule has 0 aliphatic heterocycles. The highest BCUT2D eigenvalue weighted by atomic mass is 32.2. The van der Waals surface area contributed by atoms with E-state index in [-0.39, 0.29) is 11.4 Å². The van der Waals surface area contributed by atoms with Crippen LogP contribution in [0.2, 0.25) is 0 Å². The second kappa shape index (κ2) is 11.3. The molecule has 0 spiro atoms. The highest BCUT2D eigenvalue weighted by molar-refractivity contribution is 7.98. The zero-order valence-corrected chi connectivity index (χ0v) is 20.9. The van der Waals surface area contributed by atoms with E-state index < -0.39 is 15.9 Å². The van der Waals surface area contributed by atoms with Crippen molar-refractivity contribution in [2.75, 3.05) is 16.2 Å². The number of benzene rings is 4. The minimum Gasteiger partial charge on any atom is -0.325 e. The largest absolute Gasteiger partial charge is 0.325 e. The van der Waals surface area contributed by atoms with Gasteiger partial charge in [-0.1, -0.05) is 66.2 Å². The van der Waals surface area contributed by atoms with E-state index in [9.17, 15) is 13.2 Å². The fourth-order valence-electron chi connectivity index (χ4n) is 3.44. The summed E-state index contributed by atoms with van der Waals surface area (Å²) in [4.78, 5) is 14.2. The van der Waals surface area contributed by atoms with Gasteiger partial charge in [-0.15, -0.1) is 11.8 Å². The Balaban J connectivity index is 1.46. The lowest BCUT2D eigenvalue weighted by atomic mass is 10.2. The van der Waals surface area contributed by atoms with Crippen molar-refractivity contribution >= 4 is 39.1 Å². The molecule has 0 aromatic heterocycles. The maximum absolute atomic E-state index is 13.4. The van der Waals surface area contributed by atoms with Gasteiger partial charge in [0.05, 0.1) is 10.6 Å². The van der Waals surface area contributed by atoms with Gasteiger partial charge in [0.1, 0.15) is 6.54 Å². The average Bonchev–Trinajstić information content (AvgIpc) is 2.88. The molecule has 4 aromatic rings. The smallest absolute Gasteiger partial charge is 0.264 e. The minimum atomic E-state index is -3.93. The van der Waals surface area contributed by atoms with Crippen molar-refractivity contribution in [2.24, 2.45) is 0 Å². The maximum atomic E-state index is 13.4. The molecule has 4 aromatic carbocycles. The van der Waals surface area contributed by atoms with Crippen molar-refractivity contribution in [1.29, 1.82) is 0 Å². The van der Waals surface area contributed by atoms with Crippen LogP contribution < -0.4 is 9.62 Å². The molecule has 0 atom stereocenters. The van der Waals surface area contributed by atoms with Crippen LogP contribution in [0.25, 0.3) is 0 Å². The predicted octanol–water partition coefficient (Wildman–Crippen LogP) is 6.12. The Morgan fingerprint density at radius 2 is 1.40 bits per heavy atom. The van der Waals surface area contributed by atoms with Crippen molar-refractivity contribution in [3.05, 3.63) is 120 Å². The summed E-state index contributed by atoms with van der Waals surface area (Å²) in [6.07, 6.45) is 0. The SMILES string of the molecule is Cc1ccc(N(CC(=O)Nc2ccc(CSc3ccccc3)cc2)S(=O)(=O)c2ccccc2)cc1. The first-order chi connectivity index (χ1) is 16.9. The summed E-state index contributed by atoms with van der Waals surface area (Å²) in [7, 11) is -3.93. The van der Waals surface area contributed by atoms with E-state index in [4.69, 9.17) is 0 Å². The zero-order chi connectivity index (χ0) is 24.7. The zero-order valence-electron chi connectivity index (χ0n) is 19.3. The van der Waals surface area contributed by atoms with Crippen LogP contribution >= 0.6 is 11.8 Å². The summed E-state index contributed by atoms with van der Waals surface area (Å²) in [6, 6.07) is 33.0. The van der Waals surface area contributed by atoms with Crippen molar-refractivity contribution in [3.63, 3.8) is 0 Å². The lowest BCUT2D eigenvalue weighted by molar-refractivity contribution is -0.114. The molecule has 7 heteroatoms. The molecule has 0 saturated heterocycles. The van der Waals surface area contributed by atoms with Crippen LogP contribution in [0.5, 0.6) is 0 Å². The maximum Gasteiger partial charge on any atom is 0.264 e. The lowest BCUT2D eigenvalue weighted by Gasteiger charge is -2.24. The number of anilines is 2. The van der Waals surface area contributed by atoms with Crippen LogP contribution in [0.3, 0.4) is 0 Å². The predicted molar refractivity (Wildman–Crippen MR) is 143 cm³/mol. The summed E-state index contributed by atoms with van der Waals surface area (Å²) >= 11 is 1.74. The Morgan fingerprint density at radius 3 is 2.03 bits per heavy atom. The molecule has 1 amide bonds. The second-order valence-electron chi connectivity index (χ2n) is 8.01. The van der Waals surface area contributed by atoms with Gasteiger partial charge in [-0.05, 0) is 61.0 Å². The van der Waals surface area contributed by atoms with Crippen LogP contribution in [-0.2, 0) is 20.6 Å². The molecule has 0 aliphatic carbocycles. The molecule has 178 valence electrons. The van der Waals surface area contributed by atoms with Crippen LogP contribution in [0, 0.1) is 6.92 Å². The van der Waals surface area contributed by atoms with E-state index in [0.29, 0.717) is 11.4 Å². The minimum absolute atomic E-state index is 0.133. The topological polar surface area (TPSA) is 66.5 Å². The number of carbonyl (C=O) groups excluding carboxylic acids is 1. The number of hydrogen-bond acceptors (Lipinski definition) is 4. The number of thioether (sulfide) groups is 1. The highest BCUT2D eigenvalue weighted by Crippen LogP contribution is 2.25. The number of carbonyl (C=O) groups is 1. The van der Waals surface area contributed by atoms with Crippen molar-refractivity contribution < 1.29 is 13.2 Å². The van der Waals surface area contributed by atoms with E-state index in [1.165, 1.54) is 17.0 Å². The average molecular weight is 503 g/mol. The molecule has 0 unspecified atom stereocenters. The molecule has 0 aliphatic rings. The number of sulfonamides is 1. The van der Waals surface area contributed by atoms with Crippen LogP contribution in [-0.4, -0.2) is 20.9 Å². The first-order valence-electron chi connectivity index (χ1n) is 11.1. The number of hydrogen-bond donors (Lipinski definition) is 1. The monoisotopic (exact) mass is 502 g/mol. The summed E-state index contributed by atoms with van der Waals surface area (Å²) < 4.78 is 27.9. The Bertz CT molecular complexity index is 1360. The number of nitrogens with one attached hydrogen (secondary N) is 1. The van der Waals surface area contributed by atoms with E-state index in [2.05, 4.69) is 17.4 Å². The fraction of sp³-hybridized carbons (Fsp3) is 0.107. The first-order valence-corrected chi connectivity index (χ1v) is 13.6. The summed E-state index contributed by atoms with van der Waals surface area (Å²) in [5.74, 6) is 0.394. The number of aryl methyl sites for hydroxylation is 1. The molecular formula is C28H26N2O3S2. The molecule has 0 fully saturated rings. The molecular weight excluding hydrogens is 476 g/mol. The second-order valence-corrected chi connectivity index (χ2v) is 10.9. The molecule has 0 bridgehead atoms. The third-order valence-electron chi connectivity index (χ3n) is 5.33. The van der Waals surface area contributed by atoms with E-state index >= 15 is 0 Å². The van der Waals surface area contributed by atoms with E-state index in [0.717, 1.165) is 21.2 Å². The molecule has 4 rings (SSSR count). The lowest BCUT2D eigenvalue weighted by Crippen LogP contribution is -2.38. The normalized spacial score (nSPS) is 11.1. The molecule has 0 saturated carbocycles. The fourth-order valence-corrected chi connectivity index (χ4v) is 5.76. The Kier molecular flexibility index (Phi) is 7.90. The molecule has 1 N–H and O–H groups in total. The van der Waals surface area contributed by atoms with Crippen molar-refractivity contribution in [1.82, 2.24) is 0 Å². The molecule has 0 radical (unpaired) electrons. The number of amides is 1. The van der Waals surface area contributed by atoms with Gasteiger partial charge in [0.25, 0.3) is 10.0 Å². The van der Waals surface area contributed by atoms with Gasteiger partial charge >= 0.3 is 0 Å². The molecule has 5 nitrogen and oxygen atoms in total. The third-order valence-corrected chi connectivity index (χ3v) is 8.20. The standard InChI is InChI=1S/C28H26N2O3S2/c1-22-12-18-25(19-13-22)30(35(32,33)27-10-6-3-7-11-27)20-28(31)29-24-16-14-23(15-17-24)21-34-26-8-4-2-5-9-26/h2-19H,20-21H2,1H3,(H,29,31). The highest BCUT2D eigenvalue weighted by Gasteiger charge is 2.27. The van der Waals surface area contributed by atoms with Gasteiger partial charge in [0.15, 0.2) is 0 Å². The van der Waals surface area contributed by atoms with E-state index in [1.807, 2.05) is 61.5 Å². The van der Waals surface area contributed by atoms with Gasteiger partial charge in [-0.3, -0.25) is 9.10 Å². The van der Waals surface area contributed by atoms with Gasteiger partial charge in [-0.25, -0.2) is 8.42 Å². The first kappa shape index (κ1) is 24.6. The van der Waals surface area contributed by atoms with Crippen LogP contribution in [0.1, 0.15) is 11.1 Å². The van der Waals surface area contributed by atoms with Crippen LogP contribution in [0.15, 0.2) is 119 Å². The van der Waals surface area contributed by atoms with Gasteiger partial charge in [0, 0.05) is 16.3 Å². The summed E-state index contributed by atoms with van der Waals surface area (Å²) in [5.41, 5.74) is 3.18. The quantitative estimate of drug-likeness (QED) is 0.280. The number of rotatable bonds is 9. The van der Waals surface area contributed by atoms with Crippen molar-refractivity contribution in [3.8, 4) is 0 Å². The van der Waals surface area contributed by atoms with Crippen LogP contribution in [0.4, 0.5) is 11.4 Å².